The lowest BCUT2D eigenvalue weighted by atomic mass is 10.1. The van der Waals surface area contributed by atoms with Gasteiger partial charge in [-0.1, -0.05) is 12.1 Å². The van der Waals surface area contributed by atoms with E-state index in [4.69, 9.17) is 4.74 Å². The topological polar surface area (TPSA) is 72.7 Å². The van der Waals surface area contributed by atoms with Gasteiger partial charge in [-0.2, -0.15) is 0 Å². The van der Waals surface area contributed by atoms with Crippen molar-refractivity contribution in [3.63, 3.8) is 0 Å². The van der Waals surface area contributed by atoms with Gasteiger partial charge in [-0.25, -0.2) is 8.78 Å². The number of hydrogen-bond donors (Lipinski definition) is 0. The van der Waals surface area contributed by atoms with Gasteiger partial charge >= 0.3 is 0 Å². The summed E-state index contributed by atoms with van der Waals surface area (Å²) in [6, 6.07) is 8.77. The molecule has 0 N–H and O–H groups in total. The number of rotatable bonds is 3. The van der Waals surface area contributed by atoms with E-state index in [0.717, 1.165) is 18.2 Å². The van der Waals surface area contributed by atoms with Crippen LogP contribution in [0.15, 0.2) is 42.5 Å². The zero-order valence-corrected chi connectivity index (χ0v) is 13.0. The zero-order chi connectivity index (χ0) is 18.0. The number of nitro groups is 1. The first-order valence-electron chi connectivity index (χ1n) is 7.56. The number of nitro benzene ring substituents is 1. The average Bonchev–Trinajstić information content (AvgIpc) is 2.61. The molecule has 1 aliphatic heterocycles. The lowest BCUT2D eigenvalue weighted by molar-refractivity contribution is -0.385. The molecular formula is C17H14F2N2O4. The van der Waals surface area contributed by atoms with Crippen LogP contribution in [0.1, 0.15) is 22.0 Å². The summed E-state index contributed by atoms with van der Waals surface area (Å²) in [7, 11) is 0. The summed E-state index contributed by atoms with van der Waals surface area (Å²) in [5, 5.41) is 10.7. The van der Waals surface area contributed by atoms with Crippen LogP contribution < -0.4 is 0 Å². The molecule has 25 heavy (non-hydrogen) atoms. The van der Waals surface area contributed by atoms with E-state index >= 15 is 0 Å². The molecule has 1 heterocycles. The first-order chi connectivity index (χ1) is 12.0. The van der Waals surface area contributed by atoms with Gasteiger partial charge in [0.25, 0.3) is 11.6 Å². The highest BCUT2D eigenvalue weighted by molar-refractivity contribution is 5.94. The second kappa shape index (κ2) is 6.94. The van der Waals surface area contributed by atoms with Gasteiger partial charge < -0.3 is 9.64 Å². The predicted molar refractivity (Wildman–Crippen MR) is 84.1 cm³/mol. The van der Waals surface area contributed by atoms with Crippen molar-refractivity contribution in [2.45, 2.75) is 6.10 Å². The van der Waals surface area contributed by atoms with Gasteiger partial charge in [0.05, 0.1) is 29.7 Å². The normalized spacial score (nSPS) is 17.4. The van der Waals surface area contributed by atoms with Gasteiger partial charge in [0, 0.05) is 12.6 Å². The Balaban J connectivity index is 1.79. The first kappa shape index (κ1) is 17.0. The highest BCUT2D eigenvalue weighted by Crippen LogP contribution is 2.25. The standard InChI is InChI=1S/C17H14F2N2O4/c18-12-3-1-2-11(8-12)16-10-20(6-7-25-16)17(22)14-5-4-13(21(23)24)9-15(14)19/h1-5,8-9,16H,6-7,10H2/t16-/m0/s1. The first-order valence-corrected chi connectivity index (χ1v) is 7.56. The molecule has 1 amide bonds. The van der Waals surface area contributed by atoms with E-state index in [-0.39, 0.29) is 25.3 Å². The molecule has 0 aliphatic carbocycles. The van der Waals surface area contributed by atoms with E-state index in [9.17, 15) is 23.7 Å². The fourth-order valence-corrected chi connectivity index (χ4v) is 2.70. The van der Waals surface area contributed by atoms with Crippen molar-refractivity contribution in [3.05, 3.63) is 75.3 Å². The number of non-ortho nitro benzene ring substituents is 1. The maximum absolute atomic E-state index is 14.1. The van der Waals surface area contributed by atoms with Crippen LogP contribution in [-0.2, 0) is 4.74 Å². The third-order valence-electron chi connectivity index (χ3n) is 3.97. The predicted octanol–water partition coefficient (Wildman–Crippen LogP) is 3.09. The summed E-state index contributed by atoms with van der Waals surface area (Å²) >= 11 is 0. The maximum Gasteiger partial charge on any atom is 0.272 e. The highest BCUT2D eigenvalue weighted by Gasteiger charge is 2.28. The SMILES string of the molecule is O=C(c1ccc([N+](=O)[O-])cc1F)N1CCO[C@H](c2cccc(F)c2)C1. The minimum Gasteiger partial charge on any atom is -0.370 e. The quantitative estimate of drug-likeness (QED) is 0.631. The van der Waals surface area contributed by atoms with Crippen LogP contribution in [0.4, 0.5) is 14.5 Å². The minimum absolute atomic E-state index is 0.138. The van der Waals surface area contributed by atoms with Gasteiger partial charge in [-0.15, -0.1) is 0 Å². The van der Waals surface area contributed by atoms with Crippen molar-refractivity contribution in [3.8, 4) is 0 Å². The monoisotopic (exact) mass is 348 g/mol. The molecule has 0 radical (unpaired) electrons. The second-order valence-electron chi connectivity index (χ2n) is 5.59. The van der Waals surface area contributed by atoms with E-state index in [1.807, 2.05) is 0 Å². The maximum atomic E-state index is 14.1. The van der Waals surface area contributed by atoms with Crippen LogP contribution in [0.3, 0.4) is 0 Å². The lowest BCUT2D eigenvalue weighted by Crippen LogP contribution is -2.42. The summed E-state index contributed by atoms with van der Waals surface area (Å²) in [5.74, 6) is -1.95. The molecule has 6 nitrogen and oxygen atoms in total. The van der Waals surface area contributed by atoms with Crippen molar-refractivity contribution in [2.75, 3.05) is 19.7 Å². The minimum atomic E-state index is -0.951. The molecule has 2 aromatic rings. The van der Waals surface area contributed by atoms with Crippen LogP contribution in [0, 0.1) is 21.7 Å². The Morgan fingerprint density at radius 1 is 1.24 bits per heavy atom. The van der Waals surface area contributed by atoms with Crippen LogP contribution in [0.2, 0.25) is 0 Å². The van der Waals surface area contributed by atoms with E-state index in [0.29, 0.717) is 5.56 Å². The van der Waals surface area contributed by atoms with Crippen LogP contribution in [0.25, 0.3) is 0 Å². The summed E-state index contributed by atoms with van der Waals surface area (Å²) in [5.41, 5.74) is -0.0826. The fraction of sp³-hybridized carbons (Fsp3) is 0.235. The molecule has 130 valence electrons. The van der Waals surface area contributed by atoms with Crippen molar-refractivity contribution < 1.29 is 23.2 Å². The number of carbonyl (C=O) groups excluding carboxylic acids is 1. The number of hydrogen-bond acceptors (Lipinski definition) is 4. The summed E-state index contributed by atoms with van der Waals surface area (Å²) < 4.78 is 33.0. The molecule has 1 fully saturated rings. The Morgan fingerprint density at radius 2 is 2.04 bits per heavy atom. The smallest absolute Gasteiger partial charge is 0.272 e. The fourth-order valence-electron chi connectivity index (χ4n) is 2.70. The van der Waals surface area contributed by atoms with Gasteiger partial charge in [-0.3, -0.25) is 14.9 Å². The zero-order valence-electron chi connectivity index (χ0n) is 13.0. The van der Waals surface area contributed by atoms with Gasteiger partial charge in [0.2, 0.25) is 0 Å². The molecule has 0 bridgehead atoms. The molecule has 0 unspecified atom stereocenters. The Hall–Kier alpha value is -2.87. The lowest BCUT2D eigenvalue weighted by Gasteiger charge is -2.33. The number of benzene rings is 2. The van der Waals surface area contributed by atoms with Gasteiger partial charge in [-0.05, 0) is 23.8 Å². The molecule has 8 heteroatoms. The van der Waals surface area contributed by atoms with Crippen LogP contribution >= 0.6 is 0 Å². The van der Waals surface area contributed by atoms with E-state index in [1.165, 1.54) is 17.0 Å². The number of morpholine rings is 1. The number of ether oxygens (including phenoxy) is 1. The summed E-state index contributed by atoms with van der Waals surface area (Å²) in [6.45, 7) is 0.612. The average molecular weight is 348 g/mol. The second-order valence-corrected chi connectivity index (χ2v) is 5.59. The van der Waals surface area contributed by atoms with E-state index < -0.39 is 34.3 Å². The van der Waals surface area contributed by atoms with Crippen molar-refractivity contribution in [1.29, 1.82) is 0 Å². The Morgan fingerprint density at radius 3 is 2.72 bits per heavy atom. The largest absolute Gasteiger partial charge is 0.370 e. The number of carbonyl (C=O) groups is 1. The van der Waals surface area contributed by atoms with Crippen molar-refractivity contribution in [2.24, 2.45) is 0 Å². The number of halogens is 2. The van der Waals surface area contributed by atoms with Gasteiger partial charge in [0.15, 0.2) is 0 Å². The Kier molecular flexibility index (Phi) is 4.71. The third-order valence-corrected chi connectivity index (χ3v) is 3.97. The molecule has 3 rings (SSSR count). The summed E-state index contributed by atoms with van der Waals surface area (Å²) in [4.78, 5) is 23.9. The molecule has 1 aliphatic rings. The number of nitrogens with zero attached hydrogens (tertiary/aromatic N) is 2. The van der Waals surface area contributed by atoms with Crippen molar-refractivity contribution in [1.82, 2.24) is 4.90 Å². The highest BCUT2D eigenvalue weighted by atomic mass is 19.1. The molecule has 1 saturated heterocycles. The van der Waals surface area contributed by atoms with Crippen LogP contribution in [-0.4, -0.2) is 35.4 Å². The molecular weight excluding hydrogens is 334 g/mol. The molecule has 0 aromatic heterocycles. The Labute approximate surface area is 141 Å². The van der Waals surface area contributed by atoms with Crippen molar-refractivity contribution >= 4 is 11.6 Å². The molecule has 0 spiro atoms. The van der Waals surface area contributed by atoms with E-state index in [1.54, 1.807) is 12.1 Å². The van der Waals surface area contributed by atoms with Crippen LogP contribution in [0.5, 0.6) is 0 Å². The molecule has 0 saturated carbocycles. The molecule has 2 aromatic carbocycles. The summed E-state index contributed by atoms with van der Waals surface area (Å²) in [6.07, 6.45) is -0.519. The van der Waals surface area contributed by atoms with E-state index in [2.05, 4.69) is 0 Å². The van der Waals surface area contributed by atoms with Gasteiger partial charge in [0.1, 0.15) is 17.7 Å². The number of amides is 1. The molecule has 1 atom stereocenters. The Bertz CT molecular complexity index is 828. The third kappa shape index (κ3) is 3.63.